The van der Waals surface area contributed by atoms with Crippen molar-refractivity contribution in [3.63, 3.8) is 0 Å². The van der Waals surface area contributed by atoms with Gasteiger partial charge >= 0.3 is 0 Å². The highest BCUT2D eigenvalue weighted by atomic mass is 16.7. The highest BCUT2D eigenvalue weighted by molar-refractivity contribution is 5.52. The van der Waals surface area contributed by atoms with Crippen molar-refractivity contribution in [3.8, 4) is 17.2 Å². The zero-order valence-corrected chi connectivity index (χ0v) is 11.9. The largest absolute Gasteiger partial charge is 0.493 e. The molecule has 0 aliphatic carbocycles. The summed E-state index contributed by atoms with van der Waals surface area (Å²) in [6, 6.07) is 3.99. The predicted molar refractivity (Wildman–Crippen MR) is 74.9 cm³/mol. The fourth-order valence-corrected chi connectivity index (χ4v) is 1.96. The first-order chi connectivity index (χ1) is 9.10. The summed E-state index contributed by atoms with van der Waals surface area (Å²) in [6.07, 6.45) is 1.87. The molecule has 0 fully saturated rings. The zero-order chi connectivity index (χ0) is 13.8. The van der Waals surface area contributed by atoms with Gasteiger partial charge < -0.3 is 19.9 Å². The molecule has 106 valence electrons. The fraction of sp³-hybridized carbons (Fsp3) is 0.600. The van der Waals surface area contributed by atoms with Crippen LogP contribution in [0.25, 0.3) is 0 Å². The molecular formula is C15H23NO3. The zero-order valence-electron chi connectivity index (χ0n) is 11.9. The van der Waals surface area contributed by atoms with Gasteiger partial charge in [0, 0.05) is 12.1 Å². The van der Waals surface area contributed by atoms with Gasteiger partial charge in [-0.1, -0.05) is 20.3 Å². The summed E-state index contributed by atoms with van der Waals surface area (Å²) in [6.45, 7) is 7.32. The molecule has 0 amide bonds. The summed E-state index contributed by atoms with van der Waals surface area (Å²) in [7, 11) is 0. The molecule has 4 heteroatoms. The molecule has 2 atom stereocenters. The van der Waals surface area contributed by atoms with Crippen LogP contribution in [0.15, 0.2) is 12.1 Å². The van der Waals surface area contributed by atoms with E-state index in [0.29, 0.717) is 12.5 Å². The summed E-state index contributed by atoms with van der Waals surface area (Å²) in [5, 5.41) is 0. The molecule has 0 aromatic heterocycles. The average molecular weight is 265 g/mol. The second kappa shape index (κ2) is 6.15. The van der Waals surface area contributed by atoms with E-state index in [2.05, 4.69) is 13.8 Å². The van der Waals surface area contributed by atoms with Crippen LogP contribution in [0.5, 0.6) is 17.2 Å². The second-order valence-electron chi connectivity index (χ2n) is 5.32. The highest BCUT2D eigenvalue weighted by Crippen LogP contribution is 2.38. The van der Waals surface area contributed by atoms with Gasteiger partial charge in [-0.25, -0.2) is 0 Å². The topological polar surface area (TPSA) is 53.7 Å². The minimum atomic E-state index is 0.0892. The van der Waals surface area contributed by atoms with Gasteiger partial charge in [-0.05, 0) is 30.9 Å². The number of hydrogen-bond acceptors (Lipinski definition) is 4. The Balaban J connectivity index is 2.18. The van der Waals surface area contributed by atoms with Crippen molar-refractivity contribution in [2.75, 3.05) is 13.4 Å². The lowest BCUT2D eigenvalue weighted by Crippen LogP contribution is -2.18. The normalized spacial score (nSPS) is 16.2. The maximum absolute atomic E-state index is 5.92. The van der Waals surface area contributed by atoms with E-state index in [-0.39, 0.29) is 12.8 Å². The first-order valence-corrected chi connectivity index (χ1v) is 6.91. The van der Waals surface area contributed by atoms with Crippen molar-refractivity contribution in [1.82, 2.24) is 0 Å². The molecule has 1 aromatic rings. The van der Waals surface area contributed by atoms with Crippen LogP contribution in [0.3, 0.4) is 0 Å². The number of benzene rings is 1. The Bertz CT molecular complexity index is 432. The number of rotatable bonds is 6. The van der Waals surface area contributed by atoms with Crippen molar-refractivity contribution in [3.05, 3.63) is 17.7 Å². The van der Waals surface area contributed by atoms with Crippen LogP contribution in [0.4, 0.5) is 0 Å². The van der Waals surface area contributed by atoms with Crippen molar-refractivity contribution in [1.29, 1.82) is 0 Å². The summed E-state index contributed by atoms with van der Waals surface area (Å²) in [5.41, 5.74) is 6.98. The van der Waals surface area contributed by atoms with Gasteiger partial charge in [0.05, 0.1) is 6.61 Å². The minimum Gasteiger partial charge on any atom is -0.493 e. The third-order valence-electron chi connectivity index (χ3n) is 3.32. The molecule has 0 spiro atoms. The van der Waals surface area contributed by atoms with Gasteiger partial charge in [0.1, 0.15) is 5.75 Å². The molecule has 1 aliphatic heterocycles. The maximum Gasteiger partial charge on any atom is 0.231 e. The molecule has 4 nitrogen and oxygen atoms in total. The SMILES string of the molecule is CCC(C)COc1cc2c(cc1CC(C)N)OCO2. The molecular weight excluding hydrogens is 242 g/mol. The van der Waals surface area contributed by atoms with Gasteiger partial charge in [0.15, 0.2) is 11.5 Å². The molecule has 1 aliphatic rings. The van der Waals surface area contributed by atoms with Crippen molar-refractivity contribution in [2.45, 2.75) is 39.7 Å². The Morgan fingerprint density at radius 1 is 1.26 bits per heavy atom. The lowest BCUT2D eigenvalue weighted by atomic mass is 10.1. The Morgan fingerprint density at radius 2 is 1.95 bits per heavy atom. The van der Waals surface area contributed by atoms with E-state index < -0.39 is 0 Å². The first-order valence-electron chi connectivity index (χ1n) is 6.91. The van der Waals surface area contributed by atoms with Crippen LogP contribution < -0.4 is 19.9 Å². The van der Waals surface area contributed by atoms with Gasteiger partial charge in [-0.3, -0.25) is 0 Å². The Hall–Kier alpha value is -1.42. The van der Waals surface area contributed by atoms with E-state index in [1.807, 2.05) is 19.1 Å². The molecule has 0 saturated carbocycles. The van der Waals surface area contributed by atoms with Crippen LogP contribution in [0, 0.1) is 5.92 Å². The summed E-state index contributed by atoms with van der Waals surface area (Å²) >= 11 is 0. The Kier molecular flexibility index (Phi) is 4.53. The second-order valence-corrected chi connectivity index (χ2v) is 5.32. The molecule has 2 unspecified atom stereocenters. The van der Waals surface area contributed by atoms with Crippen LogP contribution >= 0.6 is 0 Å². The van der Waals surface area contributed by atoms with Crippen LogP contribution in [0.1, 0.15) is 32.8 Å². The van der Waals surface area contributed by atoms with E-state index in [4.69, 9.17) is 19.9 Å². The fourth-order valence-electron chi connectivity index (χ4n) is 1.96. The lowest BCUT2D eigenvalue weighted by molar-refractivity contribution is 0.173. The number of ether oxygens (including phenoxy) is 3. The van der Waals surface area contributed by atoms with E-state index in [1.54, 1.807) is 0 Å². The minimum absolute atomic E-state index is 0.0892. The van der Waals surface area contributed by atoms with Gasteiger partial charge in [0.2, 0.25) is 6.79 Å². The molecule has 0 saturated heterocycles. The number of nitrogens with two attached hydrogens (primary N) is 1. The molecule has 2 rings (SSSR count). The number of fused-ring (bicyclic) bond motifs is 1. The third-order valence-corrected chi connectivity index (χ3v) is 3.32. The van der Waals surface area contributed by atoms with Crippen LogP contribution in [0.2, 0.25) is 0 Å². The van der Waals surface area contributed by atoms with Crippen LogP contribution in [-0.2, 0) is 6.42 Å². The average Bonchev–Trinajstić information content (AvgIpc) is 2.81. The molecule has 1 heterocycles. The maximum atomic E-state index is 5.92. The molecule has 2 N–H and O–H groups in total. The van der Waals surface area contributed by atoms with Gasteiger partial charge in [-0.2, -0.15) is 0 Å². The smallest absolute Gasteiger partial charge is 0.231 e. The van der Waals surface area contributed by atoms with Gasteiger partial charge in [0.25, 0.3) is 0 Å². The van der Waals surface area contributed by atoms with Crippen LogP contribution in [-0.4, -0.2) is 19.4 Å². The first kappa shape index (κ1) is 14.0. The van der Waals surface area contributed by atoms with E-state index >= 15 is 0 Å². The molecule has 0 radical (unpaired) electrons. The lowest BCUT2D eigenvalue weighted by Gasteiger charge is -2.16. The standard InChI is InChI=1S/C15H23NO3/c1-4-10(2)8-17-13-7-15-14(18-9-19-15)6-12(13)5-11(3)16/h6-7,10-11H,4-5,8-9,16H2,1-3H3. The Labute approximate surface area is 114 Å². The van der Waals surface area contributed by atoms with E-state index in [9.17, 15) is 0 Å². The number of hydrogen-bond donors (Lipinski definition) is 1. The van der Waals surface area contributed by atoms with E-state index in [1.165, 1.54) is 0 Å². The summed E-state index contributed by atoms with van der Waals surface area (Å²) in [4.78, 5) is 0. The molecule has 1 aromatic carbocycles. The molecule has 19 heavy (non-hydrogen) atoms. The van der Waals surface area contributed by atoms with Gasteiger partial charge in [-0.15, -0.1) is 0 Å². The highest BCUT2D eigenvalue weighted by Gasteiger charge is 2.19. The van der Waals surface area contributed by atoms with Crippen molar-refractivity contribution < 1.29 is 14.2 Å². The monoisotopic (exact) mass is 265 g/mol. The van der Waals surface area contributed by atoms with Crippen molar-refractivity contribution >= 4 is 0 Å². The Morgan fingerprint density at radius 3 is 2.58 bits per heavy atom. The molecule has 0 bridgehead atoms. The summed E-state index contributed by atoms with van der Waals surface area (Å²) < 4.78 is 16.7. The summed E-state index contributed by atoms with van der Waals surface area (Å²) in [5.74, 6) is 2.94. The van der Waals surface area contributed by atoms with Crippen molar-refractivity contribution in [2.24, 2.45) is 11.7 Å². The third kappa shape index (κ3) is 3.53. The predicted octanol–water partition coefficient (Wildman–Crippen LogP) is 2.73. The quantitative estimate of drug-likeness (QED) is 0.859. The van der Waals surface area contributed by atoms with E-state index in [0.717, 1.165) is 35.7 Å².